The molecule has 2 atom stereocenters. The van der Waals surface area contributed by atoms with E-state index in [-0.39, 0.29) is 6.04 Å². The van der Waals surface area contributed by atoms with Crippen molar-refractivity contribution in [2.75, 3.05) is 26.2 Å². The van der Waals surface area contributed by atoms with Crippen molar-refractivity contribution in [2.45, 2.75) is 32.7 Å². The number of hydrogen-bond acceptors (Lipinski definition) is 3. The molecule has 0 aromatic heterocycles. The average molecular weight is 262 g/mol. The monoisotopic (exact) mass is 262 g/mol. The van der Waals surface area contributed by atoms with E-state index in [2.05, 4.69) is 30.9 Å². The van der Waals surface area contributed by atoms with E-state index in [1.807, 2.05) is 12.1 Å². The molecule has 1 aromatic carbocycles. The van der Waals surface area contributed by atoms with Gasteiger partial charge in [0.15, 0.2) is 0 Å². The van der Waals surface area contributed by atoms with Gasteiger partial charge in [-0.3, -0.25) is 0 Å². The molecule has 19 heavy (non-hydrogen) atoms. The number of hydrogen-bond donors (Lipinski definition) is 1. The van der Waals surface area contributed by atoms with Crippen LogP contribution >= 0.6 is 0 Å². The number of nitrogens with two attached hydrogens (primary N) is 1. The van der Waals surface area contributed by atoms with Crippen LogP contribution in [0.25, 0.3) is 0 Å². The van der Waals surface area contributed by atoms with Gasteiger partial charge in [-0.2, -0.15) is 0 Å². The van der Waals surface area contributed by atoms with E-state index < -0.39 is 0 Å². The minimum absolute atomic E-state index is 0.102. The number of nitrogens with zero attached hydrogens (tertiary/aromatic N) is 1. The minimum Gasteiger partial charge on any atom is -0.494 e. The van der Waals surface area contributed by atoms with Gasteiger partial charge >= 0.3 is 0 Å². The summed E-state index contributed by atoms with van der Waals surface area (Å²) in [5.41, 5.74) is 7.49. The summed E-state index contributed by atoms with van der Waals surface area (Å²) in [7, 11) is 0. The smallest absolute Gasteiger partial charge is 0.119 e. The first kappa shape index (κ1) is 14.4. The highest BCUT2D eigenvalue weighted by atomic mass is 16.5. The molecule has 0 amide bonds. The predicted molar refractivity (Wildman–Crippen MR) is 79.4 cm³/mol. The third-order valence-corrected chi connectivity index (χ3v) is 3.74. The molecule has 2 rings (SSSR count). The Morgan fingerprint density at radius 3 is 2.68 bits per heavy atom. The molecule has 0 aliphatic carbocycles. The molecule has 0 bridgehead atoms. The van der Waals surface area contributed by atoms with Crippen LogP contribution in [0.15, 0.2) is 24.3 Å². The molecule has 1 aliphatic heterocycles. The molecule has 106 valence electrons. The fourth-order valence-electron chi connectivity index (χ4n) is 2.61. The molecule has 2 unspecified atom stereocenters. The highest BCUT2D eigenvalue weighted by molar-refractivity contribution is 5.29. The summed E-state index contributed by atoms with van der Waals surface area (Å²) in [4.78, 5) is 2.47. The molecular weight excluding hydrogens is 236 g/mol. The van der Waals surface area contributed by atoms with Crippen LogP contribution in [-0.2, 0) is 0 Å². The molecule has 3 heteroatoms. The van der Waals surface area contributed by atoms with Gasteiger partial charge in [-0.1, -0.05) is 26.0 Å². The van der Waals surface area contributed by atoms with Crippen LogP contribution in [0.1, 0.15) is 38.3 Å². The lowest BCUT2D eigenvalue weighted by atomic mass is 10.1. The molecule has 0 spiro atoms. The van der Waals surface area contributed by atoms with E-state index in [9.17, 15) is 0 Å². The van der Waals surface area contributed by atoms with E-state index >= 15 is 0 Å². The van der Waals surface area contributed by atoms with Crippen molar-refractivity contribution in [3.8, 4) is 5.75 Å². The van der Waals surface area contributed by atoms with Gasteiger partial charge in [-0.05, 0) is 43.0 Å². The summed E-state index contributed by atoms with van der Waals surface area (Å²) in [5, 5.41) is 0. The van der Waals surface area contributed by atoms with Gasteiger partial charge in [0.1, 0.15) is 5.75 Å². The van der Waals surface area contributed by atoms with Gasteiger partial charge in [0, 0.05) is 19.1 Å². The van der Waals surface area contributed by atoms with E-state index in [0.29, 0.717) is 0 Å². The third-order valence-electron chi connectivity index (χ3n) is 3.74. The number of likely N-dealkylation sites (tertiary alicyclic amines) is 1. The highest BCUT2D eigenvalue weighted by Crippen LogP contribution is 2.21. The highest BCUT2D eigenvalue weighted by Gasteiger charge is 2.20. The molecule has 0 radical (unpaired) electrons. The molecule has 2 N–H and O–H groups in total. The van der Waals surface area contributed by atoms with Crippen molar-refractivity contribution in [2.24, 2.45) is 11.7 Å². The molecule has 1 fully saturated rings. The Hall–Kier alpha value is -1.06. The maximum Gasteiger partial charge on any atom is 0.119 e. The Bertz CT molecular complexity index is 377. The second-order valence-corrected chi connectivity index (χ2v) is 5.68. The zero-order valence-electron chi connectivity index (χ0n) is 12.1. The fourth-order valence-corrected chi connectivity index (χ4v) is 2.61. The third kappa shape index (κ3) is 4.22. The van der Waals surface area contributed by atoms with E-state index in [1.54, 1.807) is 0 Å². The molecule has 0 saturated carbocycles. The Labute approximate surface area is 116 Å². The fraction of sp³-hybridized carbons (Fsp3) is 0.625. The Morgan fingerprint density at radius 1 is 1.37 bits per heavy atom. The van der Waals surface area contributed by atoms with Crippen LogP contribution in [0.5, 0.6) is 5.75 Å². The van der Waals surface area contributed by atoms with Crippen LogP contribution in [0.3, 0.4) is 0 Å². The van der Waals surface area contributed by atoms with Crippen molar-refractivity contribution >= 4 is 0 Å². The van der Waals surface area contributed by atoms with E-state index in [1.165, 1.54) is 25.1 Å². The van der Waals surface area contributed by atoms with Gasteiger partial charge < -0.3 is 15.4 Å². The van der Waals surface area contributed by atoms with Crippen LogP contribution in [0.4, 0.5) is 0 Å². The van der Waals surface area contributed by atoms with Gasteiger partial charge in [0.2, 0.25) is 0 Å². The second-order valence-electron chi connectivity index (χ2n) is 5.68. The maximum atomic E-state index is 6.29. The lowest BCUT2D eigenvalue weighted by Crippen LogP contribution is -2.30. The van der Waals surface area contributed by atoms with Gasteiger partial charge in [0.05, 0.1) is 6.61 Å². The average Bonchev–Trinajstić information content (AvgIpc) is 2.82. The Kier molecular flexibility index (Phi) is 5.23. The van der Waals surface area contributed by atoms with Gasteiger partial charge in [-0.25, -0.2) is 0 Å². The normalized spacial score (nSPS) is 21.5. The number of rotatable bonds is 6. The summed E-state index contributed by atoms with van der Waals surface area (Å²) in [6.45, 7) is 8.53. The summed E-state index contributed by atoms with van der Waals surface area (Å²) in [6, 6.07) is 8.34. The minimum atomic E-state index is 0.102. The quantitative estimate of drug-likeness (QED) is 0.856. The van der Waals surface area contributed by atoms with Crippen LogP contribution in [0.2, 0.25) is 0 Å². The molecule has 1 aliphatic rings. The van der Waals surface area contributed by atoms with Crippen molar-refractivity contribution in [3.63, 3.8) is 0 Å². The van der Waals surface area contributed by atoms with Crippen molar-refractivity contribution < 1.29 is 4.74 Å². The van der Waals surface area contributed by atoms with E-state index in [4.69, 9.17) is 10.5 Å². The summed E-state index contributed by atoms with van der Waals surface area (Å²) in [6.07, 6.45) is 2.34. The zero-order chi connectivity index (χ0) is 13.7. The SMILES string of the molecule is CCCOc1ccc(C(N)CN2CCC(C)C2)cc1. The standard InChI is InChI=1S/C16H26N2O/c1-3-10-19-15-6-4-14(5-7-15)16(17)12-18-9-8-13(2)11-18/h4-7,13,16H,3,8-12,17H2,1-2H3. The molecule has 3 nitrogen and oxygen atoms in total. The van der Waals surface area contributed by atoms with Gasteiger partial charge in [-0.15, -0.1) is 0 Å². The molecular formula is C16H26N2O. The predicted octanol–water partition coefficient (Wildman–Crippen LogP) is 2.82. The first-order valence-electron chi connectivity index (χ1n) is 7.39. The molecule has 1 saturated heterocycles. The van der Waals surface area contributed by atoms with Crippen LogP contribution < -0.4 is 10.5 Å². The second kappa shape index (κ2) is 6.92. The topological polar surface area (TPSA) is 38.5 Å². The summed E-state index contributed by atoms with van der Waals surface area (Å²) < 4.78 is 5.59. The molecule has 1 heterocycles. The van der Waals surface area contributed by atoms with Crippen LogP contribution in [0, 0.1) is 5.92 Å². The largest absolute Gasteiger partial charge is 0.494 e. The first-order valence-corrected chi connectivity index (χ1v) is 7.39. The van der Waals surface area contributed by atoms with Gasteiger partial charge in [0.25, 0.3) is 0 Å². The Balaban J connectivity index is 1.86. The van der Waals surface area contributed by atoms with Crippen molar-refractivity contribution in [1.29, 1.82) is 0 Å². The Morgan fingerprint density at radius 2 is 2.11 bits per heavy atom. The van der Waals surface area contributed by atoms with Crippen LogP contribution in [-0.4, -0.2) is 31.1 Å². The zero-order valence-corrected chi connectivity index (χ0v) is 12.1. The van der Waals surface area contributed by atoms with Crippen molar-refractivity contribution in [1.82, 2.24) is 4.90 Å². The lowest BCUT2D eigenvalue weighted by Gasteiger charge is -2.21. The molecule has 1 aromatic rings. The van der Waals surface area contributed by atoms with Crippen molar-refractivity contribution in [3.05, 3.63) is 29.8 Å². The first-order chi connectivity index (χ1) is 9.19. The van der Waals surface area contributed by atoms with E-state index in [0.717, 1.165) is 31.2 Å². The number of ether oxygens (including phenoxy) is 1. The maximum absolute atomic E-state index is 6.29. The summed E-state index contributed by atoms with van der Waals surface area (Å²) in [5.74, 6) is 1.75. The lowest BCUT2D eigenvalue weighted by molar-refractivity contribution is 0.305. The number of benzene rings is 1. The summed E-state index contributed by atoms with van der Waals surface area (Å²) >= 11 is 0.